The van der Waals surface area contributed by atoms with E-state index in [1.807, 2.05) is 24.3 Å². The molecule has 164 valence electrons. The van der Waals surface area contributed by atoms with Crippen LogP contribution in [0.2, 0.25) is 0 Å². The van der Waals surface area contributed by atoms with Crippen LogP contribution >= 0.6 is 0 Å². The van der Waals surface area contributed by atoms with Gasteiger partial charge in [0, 0.05) is 11.1 Å². The van der Waals surface area contributed by atoms with E-state index in [1.165, 1.54) is 0 Å². The summed E-state index contributed by atoms with van der Waals surface area (Å²) in [6.07, 6.45) is -0.770. The number of rotatable bonds is 9. The van der Waals surface area contributed by atoms with Crippen molar-refractivity contribution in [2.24, 2.45) is 0 Å². The lowest BCUT2D eigenvalue weighted by atomic mass is 10.0. The number of carbonyl (C=O) groups is 3. The third-order valence-corrected chi connectivity index (χ3v) is 4.50. The van der Waals surface area contributed by atoms with Crippen LogP contribution in [0.5, 0.6) is 11.5 Å². The van der Waals surface area contributed by atoms with Gasteiger partial charge in [-0.05, 0) is 43.3 Å². The number of hydrogen-bond donors (Lipinski definition) is 2. The number of para-hydroxylation sites is 1. The Balaban J connectivity index is 1.41. The molecule has 7 nitrogen and oxygen atoms in total. The number of ketones is 1. The Kier molecular flexibility index (Phi) is 7.97. The summed E-state index contributed by atoms with van der Waals surface area (Å²) in [7, 11) is 0. The lowest BCUT2D eigenvalue weighted by Crippen LogP contribution is -2.47. The molecular formula is C25H24N2O5. The Hall–Kier alpha value is -4.13. The van der Waals surface area contributed by atoms with Crippen molar-refractivity contribution in [2.45, 2.75) is 19.4 Å². The summed E-state index contributed by atoms with van der Waals surface area (Å²) in [5.74, 6) is 0.113. The van der Waals surface area contributed by atoms with E-state index in [1.54, 1.807) is 67.6 Å². The molecule has 0 saturated heterocycles. The molecule has 0 heterocycles. The SMILES string of the molecule is C[C@H](Oc1ccc(C(=O)c2ccccc2)cc1)C(=O)NNC(=O)CCOc1ccccc1. The van der Waals surface area contributed by atoms with Gasteiger partial charge in [-0.3, -0.25) is 25.2 Å². The topological polar surface area (TPSA) is 93.7 Å². The maximum Gasteiger partial charge on any atom is 0.279 e. The van der Waals surface area contributed by atoms with Gasteiger partial charge >= 0.3 is 0 Å². The first-order valence-electron chi connectivity index (χ1n) is 10.2. The lowest BCUT2D eigenvalue weighted by Gasteiger charge is -2.15. The smallest absolute Gasteiger partial charge is 0.279 e. The van der Waals surface area contributed by atoms with Crippen LogP contribution in [-0.4, -0.2) is 30.3 Å². The van der Waals surface area contributed by atoms with E-state index in [9.17, 15) is 14.4 Å². The van der Waals surface area contributed by atoms with E-state index in [0.29, 0.717) is 22.6 Å². The summed E-state index contributed by atoms with van der Waals surface area (Å²) in [6.45, 7) is 1.74. The second kappa shape index (κ2) is 11.3. The van der Waals surface area contributed by atoms with Crippen molar-refractivity contribution in [3.05, 3.63) is 96.1 Å². The quantitative estimate of drug-likeness (QED) is 0.400. The summed E-state index contributed by atoms with van der Waals surface area (Å²) in [4.78, 5) is 36.5. The molecule has 0 fully saturated rings. The van der Waals surface area contributed by atoms with Crippen LogP contribution in [0.4, 0.5) is 0 Å². The number of carbonyl (C=O) groups excluding carboxylic acids is 3. The van der Waals surface area contributed by atoms with Gasteiger partial charge < -0.3 is 9.47 Å². The molecule has 0 aromatic heterocycles. The van der Waals surface area contributed by atoms with Gasteiger partial charge in [-0.2, -0.15) is 0 Å². The summed E-state index contributed by atoms with van der Waals surface area (Å²) >= 11 is 0. The first kappa shape index (κ1) is 22.6. The summed E-state index contributed by atoms with van der Waals surface area (Å²) in [6, 6.07) is 24.6. The number of ether oxygens (including phenoxy) is 2. The third-order valence-electron chi connectivity index (χ3n) is 4.50. The molecule has 0 bridgehead atoms. The summed E-state index contributed by atoms with van der Waals surface area (Å²) in [5, 5.41) is 0. The molecule has 2 amide bonds. The van der Waals surface area contributed by atoms with Gasteiger partial charge in [0.1, 0.15) is 11.5 Å². The van der Waals surface area contributed by atoms with Crippen molar-refractivity contribution in [2.75, 3.05) is 6.61 Å². The molecule has 1 atom stereocenters. The van der Waals surface area contributed by atoms with Gasteiger partial charge in [0.15, 0.2) is 11.9 Å². The van der Waals surface area contributed by atoms with Crippen LogP contribution < -0.4 is 20.3 Å². The molecule has 0 aliphatic heterocycles. The molecular weight excluding hydrogens is 408 g/mol. The van der Waals surface area contributed by atoms with E-state index < -0.39 is 12.0 Å². The van der Waals surface area contributed by atoms with Crippen LogP contribution in [-0.2, 0) is 9.59 Å². The fourth-order valence-corrected chi connectivity index (χ4v) is 2.77. The Morgan fingerprint density at radius 2 is 1.34 bits per heavy atom. The molecule has 7 heteroatoms. The molecule has 0 spiro atoms. The van der Waals surface area contributed by atoms with Gasteiger partial charge in [-0.15, -0.1) is 0 Å². The highest BCUT2D eigenvalue weighted by atomic mass is 16.5. The number of hydrogen-bond acceptors (Lipinski definition) is 5. The molecule has 2 N–H and O–H groups in total. The Morgan fingerprint density at radius 3 is 2.00 bits per heavy atom. The van der Waals surface area contributed by atoms with Gasteiger partial charge in [0.05, 0.1) is 13.0 Å². The third kappa shape index (κ3) is 6.70. The average molecular weight is 432 g/mol. The highest BCUT2D eigenvalue weighted by Crippen LogP contribution is 2.16. The molecule has 0 aliphatic carbocycles. The Labute approximate surface area is 186 Å². The van der Waals surface area contributed by atoms with Crippen LogP contribution in [0.1, 0.15) is 29.3 Å². The maximum absolute atomic E-state index is 12.4. The minimum atomic E-state index is -0.855. The summed E-state index contributed by atoms with van der Waals surface area (Å²) in [5.41, 5.74) is 5.78. The van der Waals surface area contributed by atoms with Crippen molar-refractivity contribution in [3.8, 4) is 11.5 Å². The number of amides is 2. The van der Waals surface area contributed by atoms with Gasteiger partial charge in [-0.25, -0.2) is 0 Å². The highest BCUT2D eigenvalue weighted by Gasteiger charge is 2.16. The molecule has 0 saturated carbocycles. The van der Waals surface area contributed by atoms with Crippen LogP contribution in [0.3, 0.4) is 0 Å². The second-order valence-corrected chi connectivity index (χ2v) is 6.93. The standard InChI is InChI=1S/C25H24N2O5/c1-18(25(30)27-26-23(28)16-17-31-21-10-6-3-7-11-21)32-22-14-12-20(13-15-22)24(29)19-8-4-2-5-9-19/h2-15,18H,16-17H2,1H3,(H,26,28)(H,27,30)/t18-/m0/s1. The fourth-order valence-electron chi connectivity index (χ4n) is 2.77. The molecule has 0 radical (unpaired) electrons. The number of hydrazine groups is 1. The Bertz CT molecular complexity index is 1040. The molecule has 3 rings (SSSR count). The van der Waals surface area contributed by atoms with Crippen molar-refractivity contribution < 1.29 is 23.9 Å². The van der Waals surface area contributed by atoms with Crippen molar-refractivity contribution in [3.63, 3.8) is 0 Å². The molecule has 0 unspecified atom stereocenters. The van der Waals surface area contributed by atoms with Crippen molar-refractivity contribution >= 4 is 17.6 Å². The minimum Gasteiger partial charge on any atom is -0.493 e. The van der Waals surface area contributed by atoms with Gasteiger partial charge in [0.25, 0.3) is 5.91 Å². The minimum absolute atomic E-state index is 0.0846. The van der Waals surface area contributed by atoms with Crippen LogP contribution in [0, 0.1) is 0 Å². The molecule has 3 aromatic carbocycles. The number of nitrogens with one attached hydrogen (secondary N) is 2. The zero-order valence-electron chi connectivity index (χ0n) is 17.6. The van der Waals surface area contributed by atoms with E-state index in [4.69, 9.17) is 9.47 Å². The lowest BCUT2D eigenvalue weighted by molar-refractivity contribution is -0.132. The van der Waals surface area contributed by atoms with Gasteiger partial charge in [-0.1, -0.05) is 48.5 Å². The maximum atomic E-state index is 12.4. The van der Waals surface area contributed by atoms with E-state index >= 15 is 0 Å². The summed E-state index contributed by atoms with van der Waals surface area (Å²) < 4.78 is 11.0. The second-order valence-electron chi connectivity index (χ2n) is 6.93. The van der Waals surface area contributed by atoms with E-state index in [0.717, 1.165) is 0 Å². The first-order chi connectivity index (χ1) is 15.5. The highest BCUT2D eigenvalue weighted by molar-refractivity contribution is 6.09. The van der Waals surface area contributed by atoms with Crippen LogP contribution in [0.15, 0.2) is 84.9 Å². The predicted octanol–water partition coefficient (Wildman–Crippen LogP) is 3.30. The van der Waals surface area contributed by atoms with Crippen molar-refractivity contribution in [1.29, 1.82) is 0 Å². The molecule has 3 aromatic rings. The zero-order chi connectivity index (χ0) is 22.8. The fraction of sp³-hybridized carbons (Fsp3) is 0.160. The van der Waals surface area contributed by atoms with Gasteiger partial charge in [0.2, 0.25) is 5.91 Å². The monoisotopic (exact) mass is 432 g/mol. The first-order valence-corrected chi connectivity index (χ1v) is 10.2. The largest absolute Gasteiger partial charge is 0.493 e. The normalized spacial score (nSPS) is 11.2. The van der Waals surface area contributed by atoms with Crippen LogP contribution in [0.25, 0.3) is 0 Å². The zero-order valence-corrected chi connectivity index (χ0v) is 17.6. The number of benzene rings is 3. The molecule has 0 aliphatic rings. The van der Waals surface area contributed by atoms with Crippen molar-refractivity contribution in [1.82, 2.24) is 10.9 Å². The van der Waals surface area contributed by atoms with E-state index in [2.05, 4.69) is 10.9 Å². The average Bonchev–Trinajstić information content (AvgIpc) is 2.83. The Morgan fingerprint density at radius 1 is 0.750 bits per heavy atom. The predicted molar refractivity (Wildman–Crippen MR) is 119 cm³/mol. The van der Waals surface area contributed by atoms with E-state index in [-0.39, 0.29) is 24.7 Å². The molecule has 32 heavy (non-hydrogen) atoms.